The maximum atomic E-state index is 13.9. The molecule has 1 N–H and O–H groups in total. The second-order valence-corrected chi connectivity index (χ2v) is 6.49. The first-order valence-corrected chi connectivity index (χ1v) is 7.76. The van der Waals surface area contributed by atoms with Crippen molar-refractivity contribution < 1.29 is 12.8 Å². The molecule has 0 aliphatic heterocycles. The number of benzene rings is 1. The van der Waals surface area contributed by atoms with Crippen molar-refractivity contribution in [3.05, 3.63) is 29.6 Å². The van der Waals surface area contributed by atoms with Gasteiger partial charge in [0.25, 0.3) is 0 Å². The van der Waals surface area contributed by atoms with Gasteiger partial charge in [-0.05, 0) is 31.2 Å². The van der Waals surface area contributed by atoms with Crippen LogP contribution >= 0.6 is 0 Å². The van der Waals surface area contributed by atoms with Crippen molar-refractivity contribution in [2.24, 2.45) is 0 Å². The van der Waals surface area contributed by atoms with Crippen molar-refractivity contribution in [2.45, 2.75) is 31.2 Å². The quantitative estimate of drug-likeness (QED) is 0.834. The van der Waals surface area contributed by atoms with Crippen LogP contribution in [-0.2, 0) is 16.6 Å². The van der Waals surface area contributed by atoms with E-state index >= 15 is 0 Å². The summed E-state index contributed by atoms with van der Waals surface area (Å²) in [6.07, 6.45) is 1.65. The van der Waals surface area contributed by atoms with Crippen LogP contribution in [0.25, 0.3) is 0 Å². The van der Waals surface area contributed by atoms with Gasteiger partial charge in [-0.3, -0.25) is 0 Å². The smallest absolute Gasteiger partial charge is 0.245 e. The van der Waals surface area contributed by atoms with Crippen molar-refractivity contribution in [3.63, 3.8) is 0 Å². The molecule has 0 fully saturated rings. The van der Waals surface area contributed by atoms with Gasteiger partial charge in [0.2, 0.25) is 10.0 Å². The molecule has 108 valence electrons. The molecule has 1 rings (SSSR count). The van der Waals surface area contributed by atoms with E-state index in [0.717, 1.165) is 18.4 Å². The topological polar surface area (TPSA) is 49.4 Å². The van der Waals surface area contributed by atoms with E-state index in [9.17, 15) is 12.8 Å². The Bertz CT molecular complexity index is 517. The molecule has 1 aromatic carbocycles. The van der Waals surface area contributed by atoms with Crippen LogP contribution in [0.15, 0.2) is 23.1 Å². The first-order valence-electron chi connectivity index (χ1n) is 6.32. The third-order valence-electron chi connectivity index (χ3n) is 2.89. The number of hydrogen-bond donors (Lipinski definition) is 1. The zero-order valence-corrected chi connectivity index (χ0v) is 12.4. The van der Waals surface area contributed by atoms with E-state index in [-0.39, 0.29) is 4.90 Å². The number of sulfonamides is 1. The average Bonchev–Trinajstić information content (AvgIpc) is 2.36. The SMILES string of the molecule is CCCCN(C)S(=O)(=O)c1ccc(CNC)cc1F. The summed E-state index contributed by atoms with van der Waals surface area (Å²) in [6.45, 7) is 2.88. The van der Waals surface area contributed by atoms with E-state index in [1.807, 2.05) is 6.92 Å². The molecule has 6 heteroatoms. The molecule has 0 radical (unpaired) electrons. The summed E-state index contributed by atoms with van der Waals surface area (Å²) < 4.78 is 39.5. The fourth-order valence-electron chi connectivity index (χ4n) is 1.74. The minimum atomic E-state index is -3.74. The number of hydrogen-bond acceptors (Lipinski definition) is 3. The lowest BCUT2D eigenvalue weighted by Gasteiger charge is -2.17. The summed E-state index contributed by atoms with van der Waals surface area (Å²) in [5.41, 5.74) is 0.718. The summed E-state index contributed by atoms with van der Waals surface area (Å²) >= 11 is 0. The van der Waals surface area contributed by atoms with Gasteiger partial charge in [-0.2, -0.15) is 0 Å². The van der Waals surface area contributed by atoms with Crippen LogP contribution in [0.2, 0.25) is 0 Å². The van der Waals surface area contributed by atoms with Gasteiger partial charge in [0.1, 0.15) is 10.7 Å². The molecule has 0 spiro atoms. The number of unbranched alkanes of at least 4 members (excludes halogenated alkanes) is 1. The molecule has 0 amide bonds. The number of nitrogens with zero attached hydrogens (tertiary/aromatic N) is 1. The van der Waals surface area contributed by atoms with Crippen LogP contribution in [0.3, 0.4) is 0 Å². The van der Waals surface area contributed by atoms with Gasteiger partial charge in [0, 0.05) is 20.1 Å². The van der Waals surface area contributed by atoms with Gasteiger partial charge in [-0.1, -0.05) is 19.4 Å². The van der Waals surface area contributed by atoms with Gasteiger partial charge < -0.3 is 5.32 Å². The van der Waals surface area contributed by atoms with Gasteiger partial charge in [0.15, 0.2) is 0 Å². The zero-order chi connectivity index (χ0) is 14.5. The van der Waals surface area contributed by atoms with E-state index < -0.39 is 15.8 Å². The van der Waals surface area contributed by atoms with Gasteiger partial charge in [-0.25, -0.2) is 17.1 Å². The predicted molar refractivity (Wildman–Crippen MR) is 73.9 cm³/mol. The molecule has 0 aliphatic rings. The summed E-state index contributed by atoms with van der Waals surface area (Å²) in [6, 6.07) is 4.22. The van der Waals surface area contributed by atoms with Gasteiger partial charge >= 0.3 is 0 Å². The Morgan fingerprint density at radius 3 is 2.58 bits per heavy atom. The lowest BCUT2D eigenvalue weighted by Crippen LogP contribution is -2.28. The Labute approximate surface area is 114 Å². The summed E-state index contributed by atoms with van der Waals surface area (Å²) in [5, 5.41) is 2.89. The van der Waals surface area contributed by atoms with E-state index in [1.165, 1.54) is 23.5 Å². The Kier molecular flexibility index (Phi) is 5.90. The molecule has 4 nitrogen and oxygen atoms in total. The Morgan fingerprint density at radius 1 is 1.37 bits per heavy atom. The first kappa shape index (κ1) is 16.1. The van der Waals surface area contributed by atoms with Crippen molar-refractivity contribution >= 4 is 10.0 Å². The van der Waals surface area contributed by atoms with Crippen LogP contribution in [0.5, 0.6) is 0 Å². The van der Waals surface area contributed by atoms with Crippen molar-refractivity contribution in [1.82, 2.24) is 9.62 Å². The highest BCUT2D eigenvalue weighted by Gasteiger charge is 2.23. The van der Waals surface area contributed by atoms with Crippen LogP contribution < -0.4 is 5.32 Å². The second-order valence-electron chi connectivity index (χ2n) is 4.48. The van der Waals surface area contributed by atoms with Crippen molar-refractivity contribution in [2.75, 3.05) is 20.6 Å². The molecule has 0 saturated heterocycles. The summed E-state index contributed by atoms with van der Waals surface area (Å²) in [7, 11) is -0.506. The molecule has 0 atom stereocenters. The van der Waals surface area contributed by atoms with Crippen LogP contribution in [0, 0.1) is 5.82 Å². The van der Waals surface area contributed by atoms with E-state index in [4.69, 9.17) is 0 Å². The van der Waals surface area contributed by atoms with E-state index in [0.29, 0.717) is 13.1 Å². The molecule has 0 aliphatic carbocycles. The van der Waals surface area contributed by atoms with E-state index in [1.54, 1.807) is 13.1 Å². The van der Waals surface area contributed by atoms with Crippen molar-refractivity contribution in [1.29, 1.82) is 0 Å². The molecule has 0 bridgehead atoms. The Balaban J connectivity index is 3.01. The molecule has 0 heterocycles. The number of rotatable bonds is 7. The highest BCUT2D eigenvalue weighted by molar-refractivity contribution is 7.89. The average molecular weight is 288 g/mol. The lowest BCUT2D eigenvalue weighted by molar-refractivity contribution is 0.453. The highest BCUT2D eigenvalue weighted by atomic mass is 32.2. The fraction of sp³-hybridized carbons (Fsp3) is 0.538. The molecule has 0 saturated carbocycles. The second kappa shape index (κ2) is 6.98. The van der Waals surface area contributed by atoms with Crippen molar-refractivity contribution in [3.8, 4) is 0 Å². The third kappa shape index (κ3) is 3.99. The minimum absolute atomic E-state index is 0.258. The number of halogens is 1. The lowest BCUT2D eigenvalue weighted by atomic mass is 10.2. The third-order valence-corrected chi connectivity index (χ3v) is 4.78. The molecule has 0 aromatic heterocycles. The fourth-order valence-corrected chi connectivity index (χ4v) is 2.99. The van der Waals surface area contributed by atoms with Crippen LogP contribution in [0.4, 0.5) is 4.39 Å². The molecule has 0 unspecified atom stereocenters. The normalized spacial score (nSPS) is 12.1. The molecular weight excluding hydrogens is 267 g/mol. The zero-order valence-electron chi connectivity index (χ0n) is 11.6. The van der Waals surface area contributed by atoms with Gasteiger partial charge in [-0.15, -0.1) is 0 Å². The Morgan fingerprint density at radius 2 is 2.05 bits per heavy atom. The standard InChI is InChI=1S/C13H21FN2O2S/c1-4-5-8-16(3)19(17,18)13-7-6-11(10-15-2)9-12(13)14/h6-7,9,15H,4-5,8,10H2,1-3H3. The monoisotopic (exact) mass is 288 g/mol. The largest absolute Gasteiger partial charge is 0.316 e. The first-order chi connectivity index (χ1) is 8.93. The maximum Gasteiger partial charge on any atom is 0.245 e. The maximum absolute atomic E-state index is 13.9. The number of nitrogens with one attached hydrogen (secondary N) is 1. The molecule has 1 aromatic rings. The predicted octanol–water partition coefficient (Wildman–Crippen LogP) is 1.97. The van der Waals surface area contributed by atoms with E-state index in [2.05, 4.69) is 5.32 Å². The summed E-state index contributed by atoms with van der Waals surface area (Å²) in [4.78, 5) is -0.258. The minimum Gasteiger partial charge on any atom is -0.316 e. The Hall–Kier alpha value is -0.980. The highest BCUT2D eigenvalue weighted by Crippen LogP contribution is 2.20. The molecular formula is C13H21FN2O2S. The van der Waals surface area contributed by atoms with Crippen LogP contribution in [0.1, 0.15) is 25.3 Å². The van der Waals surface area contributed by atoms with Gasteiger partial charge in [0.05, 0.1) is 0 Å². The van der Waals surface area contributed by atoms with Crippen LogP contribution in [-0.4, -0.2) is 33.4 Å². The summed E-state index contributed by atoms with van der Waals surface area (Å²) in [5.74, 6) is -0.698. The molecule has 19 heavy (non-hydrogen) atoms.